The predicted molar refractivity (Wildman–Crippen MR) is 91.0 cm³/mol. The first-order chi connectivity index (χ1) is 11.7. The Bertz CT molecular complexity index is 712. The standard InChI is InChI=1S/C18H20N4O2/c1-14(18(24)21-17-7-3-2-6-16(17)11-19)22(9-10-23)13-15-5-4-8-20-12-15/h2-8,12,14,23H,9-10,13H2,1H3,(H,21,24). The number of aliphatic hydroxyl groups excluding tert-OH is 1. The van der Waals surface area contributed by atoms with Crippen molar-refractivity contribution >= 4 is 11.6 Å². The third-order valence-electron chi connectivity index (χ3n) is 3.73. The average Bonchev–Trinajstić information content (AvgIpc) is 2.62. The van der Waals surface area contributed by atoms with Gasteiger partial charge < -0.3 is 10.4 Å². The van der Waals surface area contributed by atoms with Gasteiger partial charge in [0.05, 0.1) is 23.9 Å². The fourth-order valence-corrected chi connectivity index (χ4v) is 2.36. The van der Waals surface area contributed by atoms with Crippen LogP contribution in [0.15, 0.2) is 48.8 Å². The van der Waals surface area contributed by atoms with Crippen molar-refractivity contribution in [3.8, 4) is 6.07 Å². The molecule has 24 heavy (non-hydrogen) atoms. The lowest BCUT2D eigenvalue weighted by atomic mass is 10.1. The number of rotatable bonds is 7. The van der Waals surface area contributed by atoms with Crippen LogP contribution >= 0.6 is 0 Å². The number of amides is 1. The first-order valence-electron chi connectivity index (χ1n) is 7.69. The quantitative estimate of drug-likeness (QED) is 0.810. The zero-order valence-corrected chi connectivity index (χ0v) is 13.5. The summed E-state index contributed by atoms with van der Waals surface area (Å²) >= 11 is 0. The number of nitrogens with one attached hydrogen (secondary N) is 1. The van der Waals surface area contributed by atoms with Gasteiger partial charge in [-0.3, -0.25) is 14.7 Å². The Morgan fingerprint density at radius 2 is 2.17 bits per heavy atom. The van der Waals surface area contributed by atoms with E-state index < -0.39 is 6.04 Å². The van der Waals surface area contributed by atoms with E-state index in [9.17, 15) is 9.90 Å². The Morgan fingerprint density at radius 3 is 2.83 bits per heavy atom. The number of benzene rings is 1. The van der Waals surface area contributed by atoms with Gasteiger partial charge in [0.1, 0.15) is 6.07 Å². The SMILES string of the molecule is CC(C(=O)Nc1ccccc1C#N)N(CCO)Cc1cccnc1. The number of carbonyl (C=O) groups excluding carboxylic acids is 1. The molecule has 0 saturated heterocycles. The molecule has 1 amide bonds. The fourth-order valence-electron chi connectivity index (χ4n) is 2.36. The summed E-state index contributed by atoms with van der Waals surface area (Å²) in [6.07, 6.45) is 3.43. The molecule has 0 aliphatic rings. The second-order valence-corrected chi connectivity index (χ2v) is 5.38. The summed E-state index contributed by atoms with van der Waals surface area (Å²) in [5.74, 6) is -0.227. The molecule has 2 N–H and O–H groups in total. The topological polar surface area (TPSA) is 89.2 Å². The molecule has 124 valence electrons. The number of carbonyl (C=O) groups is 1. The van der Waals surface area contributed by atoms with Crippen molar-refractivity contribution in [1.29, 1.82) is 5.26 Å². The summed E-state index contributed by atoms with van der Waals surface area (Å²) < 4.78 is 0. The lowest BCUT2D eigenvalue weighted by Gasteiger charge is -2.27. The normalized spacial score (nSPS) is 11.8. The van der Waals surface area contributed by atoms with Gasteiger partial charge in [0.2, 0.25) is 5.91 Å². The molecule has 0 aliphatic carbocycles. The average molecular weight is 324 g/mol. The second kappa shape index (κ2) is 8.77. The van der Waals surface area contributed by atoms with Crippen molar-refractivity contribution in [2.45, 2.75) is 19.5 Å². The number of aliphatic hydroxyl groups is 1. The Morgan fingerprint density at radius 1 is 1.38 bits per heavy atom. The molecule has 0 saturated carbocycles. The molecule has 1 atom stereocenters. The maximum atomic E-state index is 12.5. The van der Waals surface area contributed by atoms with Crippen LogP contribution in [0.1, 0.15) is 18.1 Å². The van der Waals surface area contributed by atoms with E-state index in [0.29, 0.717) is 24.3 Å². The third kappa shape index (κ3) is 4.62. The molecule has 0 bridgehead atoms. The second-order valence-electron chi connectivity index (χ2n) is 5.38. The minimum atomic E-state index is -0.468. The van der Waals surface area contributed by atoms with Crippen molar-refractivity contribution < 1.29 is 9.90 Å². The van der Waals surface area contributed by atoms with Gasteiger partial charge in [-0.05, 0) is 30.7 Å². The smallest absolute Gasteiger partial charge is 0.241 e. The predicted octanol–water partition coefficient (Wildman–Crippen LogP) is 1.77. The van der Waals surface area contributed by atoms with Crippen LogP contribution in [-0.2, 0) is 11.3 Å². The minimum Gasteiger partial charge on any atom is -0.395 e. The highest BCUT2D eigenvalue weighted by Gasteiger charge is 2.22. The van der Waals surface area contributed by atoms with E-state index in [4.69, 9.17) is 5.26 Å². The highest BCUT2D eigenvalue weighted by molar-refractivity contribution is 5.95. The van der Waals surface area contributed by atoms with Gasteiger partial charge in [-0.2, -0.15) is 5.26 Å². The molecule has 0 radical (unpaired) electrons. The summed E-state index contributed by atoms with van der Waals surface area (Å²) in [7, 11) is 0. The van der Waals surface area contributed by atoms with Gasteiger partial charge in [0.15, 0.2) is 0 Å². The van der Waals surface area contributed by atoms with Crippen LogP contribution in [0.4, 0.5) is 5.69 Å². The number of hydrogen-bond acceptors (Lipinski definition) is 5. The van der Waals surface area contributed by atoms with E-state index in [1.165, 1.54) is 0 Å². The Hall–Kier alpha value is -2.75. The van der Waals surface area contributed by atoms with Crippen molar-refractivity contribution in [3.05, 3.63) is 59.9 Å². The number of aromatic nitrogens is 1. The van der Waals surface area contributed by atoms with Gasteiger partial charge in [-0.1, -0.05) is 18.2 Å². The van der Waals surface area contributed by atoms with Gasteiger partial charge in [-0.15, -0.1) is 0 Å². The van der Waals surface area contributed by atoms with E-state index in [2.05, 4.69) is 16.4 Å². The van der Waals surface area contributed by atoms with E-state index in [1.807, 2.05) is 17.0 Å². The molecule has 2 rings (SSSR count). The van der Waals surface area contributed by atoms with Gasteiger partial charge >= 0.3 is 0 Å². The maximum Gasteiger partial charge on any atom is 0.241 e. The highest BCUT2D eigenvalue weighted by Crippen LogP contribution is 2.15. The van der Waals surface area contributed by atoms with Crippen molar-refractivity contribution in [2.75, 3.05) is 18.5 Å². The molecule has 0 fully saturated rings. The summed E-state index contributed by atoms with van der Waals surface area (Å²) in [5.41, 5.74) is 1.87. The number of hydrogen-bond donors (Lipinski definition) is 2. The Balaban J connectivity index is 2.09. The van der Waals surface area contributed by atoms with Crippen LogP contribution in [0.3, 0.4) is 0 Å². The van der Waals surface area contributed by atoms with Crippen LogP contribution in [0, 0.1) is 11.3 Å². The Kier molecular flexibility index (Phi) is 6.43. The minimum absolute atomic E-state index is 0.0489. The van der Waals surface area contributed by atoms with E-state index in [1.54, 1.807) is 43.6 Å². The monoisotopic (exact) mass is 324 g/mol. The lowest BCUT2D eigenvalue weighted by molar-refractivity contribution is -0.121. The van der Waals surface area contributed by atoms with E-state index in [-0.39, 0.29) is 12.5 Å². The van der Waals surface area contributed by atoms with Crippen LogP contribution < -0.4 is 5.32 Å². The molecular weight excluding hydrogens is 304 g/mol. The van der Waals surface area contributed by atoms with Crippen LogP contribution in [-0.4, -0.2) is 40.1 Å². The van der Waals surface area contributed by atoms with Crippen LogP contribution in [0.2, 0.25) is 0 Å². The summed E-state index contributed by atoms with van der Waals surface area (Å²) in [5, 5.41) is 21.2. The zero-order chi connectivity index (χ0) is 17.4. The van der Waals surface area contributed by atoms with Gasteiger partial charge in [0, 0.05) is 25.5 Å². The largest absolute Gasteiger partial charge is 0.395 e. The maximum absolute atomic E-state index is 12.5. The number of para-hydroxylation sites is 1. The number of nitrogens with zero attached hydrogens (tertiary/aromatic N) is 3. The third-order valence-corrected chi connectivity index (χ3v) is 3.73. The molecule has 1 heterocycles. The molecule has 1 aromatic heterocycles. The highest BCUT2D eigenvalue weighted by atomic mass is 16.3. The van der Waals surface area contributed by atoms with Crippen LogP contribution in [0.5, 0.6) is 0 Å². The number of pyridine rings is 1. The zero-order valence-electron chi connectivity index (χ0n) is 13.5. The van der Waals surface area contributed by atoms with Gasteiger partial charge in [0.25, 0.3) is 0 Å². The lowest BCUT2D eigenvalue weighted by Crippen LogP contribution is -2.43. The number of nitriles is 1. The molecule has 2 aromatic rings. The molecule has 1 unspecified atom stereocenters. The summed E-state index contributed by atoms with van der Waals surface area (Å²) in [4.78, 5) is 18.5. The first kappa shape index (κ1) is 17.6. The first-order valence-corrected chi connectivity index (χ1v) is 7.69. The van der Waals surface area contributed by atoms with Crippen LogP contribution in [0.25, 0.3) is 0 Å². The molecule has 0 spiro atoms. The van der Waals surface area contributed by atoms with E-state index >= 15 is 0 Å². The number of anilines is 1. The Labute approximate surface area is 141 Å². The van der Waals surface area contributed by atoms with Crippen molar-refractivity contribution in [1.82, 2.24) is 9.88 Å². The summed E-state index contributed by atoms with van der Waals surface area (Å²) in [6, 6.07) is 12.2. The molecule has 0 aliphatic heterocycles. The molecular formula is C18H20N4O2. The molecule has 1 aromatic carbocycles. The van der Waals surface area contributed by atoms with E-state index in [0.717, 1.165) is 5.56 Å². The molecule has 6 nitrogen and oxygen atoms in total. The van der Waals surface area contributed by atoms with Crippen molar-refractivity contribution in [3.63, 3.8) is 0 Å². The molecule has 6 heteroatoms. The van der Waals surface area contributed by atoms with Gasteiger partial charge in [-0.25, -0.2) is 0 Å². The summed E-state index contributed by atoms with van der Waals surface area (Å²) in [6.45, 7) is 2.59. The van der Waals surface area contributed by atoms with Crippen molar-refractivity contribution in [2.24, 2.45) is 0 Å². The fraction of sp³-hybridized carbons (Fsp3) is 0.278.